The highest BCUT2D eigenvalue weighted by Gasteiger charge is 2.15. The summed E-state index contributed by atoms with van der Waals surface area (Å²) < 4.78 is 1.19. The summed E-state index contributed by atoms with van der Waals surface area (Å²) in [5.41, 5.74) is 0.199. The lowest BCUT2D eigenvalue weighted by atomic mass is 10.0. The molecule has 1 aromatic rings. The summed E-state index contributed by atoms with van der Waals surface area (Å²) >= 11 is 5.26. The minimum atomic E-state index is 0.199. The van der Waals surface area contributed by atoms with Gasteiger partial charge in [0.05, 0.1) is 0 Å². The van der Waals surface area contributed by atoms with E-state index in [-0.39, 0.29) is 5.54 Å². The van der Waals surface area contributed by atoms with E-state index in [0.29, 0.717) is 0 Å². The summed E-state index contributed by atoms with van der Waals surface area (Å²) in [6, 6.07) is 2.18. The Kier molecular flexibility index (Phi) is 3.32. The molecule has 68 valence electrons. The van der Waals surface area contributed by atoms with Gasteiger partial charge < -0.3 is 5.32 Å². The predicted molar refractivity (Wildman–Crippen MR) is 58.9 cm³/mol. The van der Waals surface area contributed by atoms with E-state index in [0.717, 1.165) is 6.42 Å². The number of hydrogen-bond acceptors (Lipinski definition) is 2. The first-order chi connectivity index (χ1) is 5.53. The first-order valence-corrected chi connectivity index (χ1v) is 5.62. The second kappa shape index (κ2) is 3.90. The van der Waals surface area contributed by atoms with E-state index in [2.05, 4.69) is 46.5 Å². The predicted octanol–water partition coefficient (Wildman–Crippen LogP) is 3.05. The van der Waals surface area contributed by atoms with Gasteiger partial charge in [-0.2, -0.15) is 0 Å². The van der Waals surface area contributed by atoms with Crippen LogP contribution >= 0.6 is 27.3 Å². The van der Waals surface area contributed by atoms with Crippen LogP contribution in [-0.4, -0.2) is 12.6 Å². The van der Waals surface area contributed by atoms with E-state index in [9.17, 15) is 0 Å². The Balaban J connectivity index is 2.63. The zero-order chi connectivity index (χ0) is 9.19. The van der Waals surface area contributed by atoms with Gasteiger partial charge in [-0.05, 0) is 49.3 Å². The molecule has 3 heteroatoms. The van der Waals surface area contributed by atoms with Crippen molar-refractivity contribution in [3.05, 3.63) is 20.8 Å². The number of rotatable bonds is 3. The fourth-order valence-corrected chi connectivity index (χ4v) is 2.65. The van der Waals surface area contributed by atoms with Gasteiger partial charge in [0.1, 0.15) is 0 Å². The number of thiophene rings is 1. The maximum atomic E-state index is 3.45. The average molecular weight is 248 g/mol. The molecule has 0 fully saturated rings. The van der Waals surface area contributed by atoms with Crippen molar-refractivity contribution >= 4 is 27.3 Å². The molecule has 1 aromatic heterocycles. The summed E-state index contributed by atoms with van der Waals surface area (Å²) in [6.07, 6.45) is 1.08. The molecule has 1 nitrogen and oxygen atoms in total. The Bertz CT molecular complexity index is 255. The monoisotopic (exact) mass is 247 g/mol. The highest BCUT2D eigenvalue weighted by atomic mass is 79.9. The van der Waals surface area contributed by atoms with Crippen molar-refractivity contribution in [1.29, 1.82) is 0 Å². The molecule has 1 rings (SSSR count). The highest BCUT2D eigenvalue weighted by molar-refractivity contribution is 9.10. The van der Waals surface area contributed by atoms with E-state index >= 15 is 0 Å². The van der Waals surface area contributed by atoms with Crippen LogP contribution in [-0.2, 0) is 6.42 Å². The van der Waals surface area contributed by atoms with E-state index in [1.807, 2.05) is 7.05 Å². The van der Waals surface area contributed by atoms with E-state index in [1.165, 1.54) is 9.35 Å². The van der Waals surface area contributed by atoms with E-state index < -0.39 is 0 Å². The minimum absolute atomic E-state index is 0.199. The fourth-order valence-electron chi connectivity index (χ4n) is 0.970. The molecule has 0 aliphatic heterocycles. The molecule has 0 aliphatic rings. The van der Waals surface area contributed by atoms with Crippen LogP contribution in [0.3, 0.4) is 0 Å². The normalized spacial score (nSPS) is 12.0. The zero-order valence-corrected chi connectivity index (χ0v) is 10.1. The van der Waals surface area contributed by atoms with Crippen LogP contribution in [0.15, 0.2) is 15.9 Å². The first-order valence-electron chi connectivity index (χ1n) is 3.95. The summed E-state index contributed by atoms with van der Waals surface area (Å²) in [5, 5.41) is 5.42. The molecular weight excluding hydrogens is 234 g/mol. The second-order valence-corrected chi connectivity index (χ2v) is 5.45. The molecule has 0 radical (unpaired) electrons. The van der Waals surface area contributed by atoms with Crippen molar-refractivity contribution in [2.45, 2.75) is 25.8 Å². The van der Waals surface area contributed by atoms with Gasteiger partial charge in [0.2, 0.25) is 0 Å². The highest BCUT2D eigenvalue weighted by Crippen LogP contribution is 2.23. The smallest absolute Gasteiger partial charge is 0.0285 e. The van der Waals surface area contributed by atoms with Crippen molar-refractivity contribution in [1.82, 2.24) is 5.32 Å². The standard InChI is InChI=1S/C9H14BrNS/c1-9(2,11-3)5-8-4-7(10)6-12-8/h4,6,11H,5H2,1-3H3. The van der Waals surface area contributed by atoms with Crippen molar-refractivity contribution in [3.63, 3.8) is 0 Å². The molecule has 0 atom stereocenters. The van der Waals surface area contributed by atoms with E-state index in [1.54, 1.807) is 11.3 Å². The van der Waals surface area contributed by atoms with Crippen molar-refractivity contribution in [2.24, 2.45) is 0 Å². The van der Waals surface area contributed by atoms with Gasteiger partial charge in [0, 0.05) is 20.3 Å². The topological polar surface area (TPSA) is 12.0 Å². The molecule has 0 aliphatic carbocycles. The Morgan fingerprint density at radius 2 is 2.25 bits per heavy atom. The molecule has 1 heterocycles. The Labute approximate surface area is 86.3 Å². The SMILES string of the molecule is CNC(C)(C)Cc1cc(Br)cs1. The third kappa shape index (κ3) is 2.88. The lowest BCUT2D eigenvalue weighted by Crippen LogP contribution is -2.38. The molecule has 0 bridgehead atoms. The lowest BCUT2D eigenvalue weighted by molar-refractivity contribution is 0.425. The van der Waals surface area contributed by atoms with Gasteiger partial charge in [-0.15, -0.1) is 11.3 Å². The van der Waals surface area contributed by atoms with Gasteiger partial charge >= 0.3 is 0 Å². The maximum Gasteiger partial charge on any atom is 0.0285 e. The Morgan fingerprint density at radius 3 is 2.67 bits per heavy atom. The van der Waals surface area contributed by atoms with Crippen LogP contribution in [0.2, 0.25) is 0 Å². The molecule has 1 N–H and O–H groups in total. The molecule has 0 amide bonds. The third-order valence-electron chi connectivity index (χ3n) is 1.91. The number of halogens is 1. The van der Waals surface area contributed by atoms with Crippen LogP contribution in [0, 0.1) is 0 Å². The lowest BCUT2D eigenvalue weighted by Gasteiger charge is -2.22. The fraction of sp³-hybridized carbons (Fsp3) is 0.556. The minimum Gasteiger partial charge on any atom is -0.314 e. The maximum absolute atomic E-state index is 3.45. The van der Waals surface area contributed by atoms with Crippen LogP contribution in [0.5, 0.6) is 0 Å². The van der Waals surface area contributed by atoms with Crippen molar-refractivity contribution in [3.8, 4) is 0 Å². The largest absolute Gasteiger partial charge is 0.314 e. The summed E-state index contributed by atoms with van der Waals surface area (Å²) in [7, 11) is 2.00. The van der Waals surface area contributed by atoms with Gasteiger partial charge in [0.15, 0.2) is 0 Å². The van der Waals surface area contributed by atoms with Gasteiger partial charge in [-0.3, -0.25) is 0 Å². The van der Waals surface area contributed by atoms with Crippen molar-refractivity contribution < 1.29 is 0 Å². The number of likely N-dealkylation sites (N-methyl/N-ethyl adjacent to an activating group) is 1. The number of nitrogens with one attached hydrogen (secondary N) is 1. The van der Waals surface area contributed by atoms with Crippen LogP contribution in [0.1, 0.15) is 18.7 Å². The molecular formula is C9H14BrNS. The molecule has 0 saturated carbocycles. The van der Waals surface area contributed by atoms with Crippen molar-refractivity contribution in [2.75, 3.05) is 7.05 Å². The molecule has 0 spiro atoms. The molecule has 0 unspecified atom stereocenters. The van der Waals surface area contributed by atoms with Gasteiger partial charge in [-0.25, -0.2) is 0 Å². The quantitative estimate of drug-likeness (QED) is 0.866. The van der Waals surface area contributed by atoms with Crippen LogP contribution < -0.4 is 5.32 Å². The Hall–Kier alpha value is 0.140. The van der Waals surface area contributed by atoms with Gasteiger partial charge in [-0.1, -0.05) is 0 Å². The zero-order valence-electron chi connectivity index (χ0n) is 7.65. The summed E-state index contributed by atoms with van der Waals surface area (Å²) in [4.78, 5) is 1.42. The van der Waals surface area contributed by atoms with Crippen LogP contribution in [0.25, 0.3) is 0 Å². The third-order valence-corrected chi connectivity index (χ3v) is 3.61. The van der Waals surface area contributed by atoms with Gasteiger partial charge in [0.25, 0.3) is 0 Å². The molecule has 0 aromatic carbocycles. The molecule has 0 saturated heterocycles. The first kappa shape index (κ1) is 10.2. The Morgan fingerprint density at radius 1 is 1.58 bits per heavy atom. The summed E-state index contributed by atoms with van der Waals surface area (Å²) in [6.45, 7) is 4.42. The molecule has 12 heavy (non-hydrogen) atoms. The van der Waals surface area contributed by atoms with Crippen LogP contribution in [0.4, 0.5) is 0 Å². The second-order valence-electron chi connectivity index (χ2n) is 3.54. The van der Waals surface area contributed by atoms with E-state index in [4.69, 9.17) is 0 Å². The average Bonchev–Trinajstić information content (AvgIpc) is 2.35. The summed E-state index contributed by atoms with van der Waals surface area (Å²) in [5.74, 6) is 0. The number of hydrogen-bond donors (Lipinski definition) is 1.